The number of carbonyl (C=O) groups excluding carboxylic acids is 1. The number of rotatable bonds is 3. The zero-order valence-corrected chi connectivity index (χ0v) is 19.4. The second-order valence-corrected chi connectivity index (χ2v) is 7.47. The number of anilines is 1. The van der Waals surface area contributed by atoms with E-state index in [1.54, 1.807) is 0 Å². The van der Waals surface area contributed by atoms with E-state index in [0.717, 1.165) is 5.52 Å². The predicted octanol–water partition coefficient (Wildman–Crippen LogP) is 2.21. The molecule has 4 aromatic rings. The minimum Gasteiger partial charge on any atom is -0.545 e. The lowest BCUT2D eigenvalue weighted by Crippen LogP contribution is -2.34. The Hall–Kier alpha value is -4.20. The van der Waals surface area contributed by atoms with Crippen LogP contribution in [0.4, 0.5) is 5.95 Å². The summed E-state index contributed by atoms with van der Waals surface area (Å²) in [6.45, 7) is 2.10. The molecule has 8 nitrogen and oxygen atoms in total. The molecular weight excluding hydrogens is 420 g/mol. The van der Waals surface area contributed by atoms with E-state index in [9.17, 15) is 14.7 Å². The van der Waals surface area contributed by atoms with E-state index in [-0.39, 0.29) is 11.1 Å². The molecule has 0 saturated heterocycles. The molecule has 2 aromatic carbocycles. The van der Waals surface area contributed by atoms with Crippen molar-refractivity contribution in [3.05, 3.63) is 89.9 Å². The van der Waals surface area contributed by atoms with Crippen molar-refractivity contribution in [1.82, 2.24) is 9.55 Å². The molecule has 1 N–H and O–H groups in total. The third-order valence-electron chi connectivity index (χ3n) is 4.81. The average Bonchev–Trinajstić information content (AvgIpc) is 3.06. The number of carboxylic acid groups (broad SMARTS) is 2. The predicted molar refractivity (Wildman–Crippen MR) is 125 cm³/mol. The van der Waals surface area contributed by atoms with Crippen LogP contribution in [0, 0.1) is 6.92 Å². The maximum Gasteiger partial charge on any atom is 0.359 e. The lowest BCUT2D eigenvalue weighted by atomic mass is 10.1. The lowest BCUT2D eigenvalue weighted by Gasteiger charge is -2.05. The van der Waals surface area contributed by atoms with Gasteiger partial charge in [0, 0.05) is 17.1 Å². The number of aryl methyl sites for hydroxylation is 2. The number of fused-ring (bicyclic) bond motifs is 1. The van der Waals surface area contributed by atoms with Crippen LogP contribution in [0.25, 0.3) is 10.9 Å². The average molecular weight is 449 g/mol. The zero-order valence-electron chi connectivity index (χ0n) is 19.4. The van der Waals surface area contributed by atoms with E-state index in [0.29, 0.717) is 0 Å². The van der Waals surface area contributed by atoms with Gasteiger partial charge in [0.2, 0.25) is 0 Å². The van der Waals surface area contributed by atoms with Crippen LogP contribution in [-0.2, 0) is 14.1 Å². The summed E-state index contributed by atoms with van der Waals surface area (Å²) in [6.07, 6.45) is 3.93. The van der Waals surface area contributed by atoms with Gasteiger partial charge in [-0.3, -0.25) is 9.88 Å². The topological polar surface area (TPSA) is 102 Å². The first-order chi connectivity index (χ1) is 15.6. The van der Waals surface area contributed by atoms with E-state index in [1.165, 1.54) is 41.3 Å². The number of imidazole rings is 1. The number of hydrogen-bond acceptors (Lipinski definition) is 5. The van der Waals surface area contributed by atoms with Gasteiger partial charge in [-0.05, 0) is 25.1 Å². The van der Waals surface area contributed by atoms with Gasteiger partial charge in [-0.1, -0.05) is 42.5 Å². The molecule has 0 fully saturated rings. The van der Waals surface area contributed by atoms with E-state index in [1.807, 2.05) is 30.5 Å². The van der Waals surface area contributed by atoms with E-state index < -0.39 is 11.9 Å². The Balaban J connectivity index is 0.000000176. The first-order valence-electron chi connectivity index (χ1n) is 10.2. The Labute approximate surface area is 193 Å². The van der Waals surface area contributed by atoms with Crippen molar-refractivity contribution >= 4 is 28.8 Å². The van der Waals surface area contributed by atoms with E-state index >= 15 is 0 Å². The summed E-state index contributed by atoms with van der Waals surface area (Å²) < 4.78 is 4.29. The number of para-hydroxylation sites is 1. The van der Waals surface area contributed by atoms with E-state index in [2.05, 4.69) is 72.5 Å². The number of nitrogens with zero attached hydrogens (tertiary/aromatic N) is 4. The number of hydrogen-bond donors (Lipinski definition) is 1. The fourth-order valence-corrected chi connectivity index (χ4v) is 3.30. The van der Waals surface area contributed by atoms with Gasteiger partial charge in [0.25, 0.3) is 0 Å². The first kappa shape index (κ1) is 25.1. The van der Waals surface area contributed by atoms with E-state index in [4.69, 9.17) is 5.11 Å². The van der Waals surface area contributed by atoms with Gasteiger partial charge >= 0.3 is 11.9 Å². The Morgan fingerprint density at radius 2 is 1.58 bits per heavy atom. The molecule has 8 heteroatoms. The highest BCUT2D eigenvalue weighted by Crippen LogP contribution is 2.08. The molecule has 33 heavy (non-hydrogen) atoms. The number of pyridine rings is 1. The van der Waals surface area contributed by atoms with Crippen molar-refractivity contribution < 1.29 is 24.4 Å². The molecule has 0 spiro atoms. The number of carbonyl (C=O) groups is 2. The third kappa shape index (κ3) is 6.64. The number of aromatic nitrogens is 3. The summed E-state index contributed by atoms with van der Waals surface area (Å²) in [6, 6.07) is 17.4. The third-order valence-corrected chi connectivity index (χ3v) is 4.81. The highest BCUT2D eigenvalue weighted by atomic mass is 16.4. The summed E-state index contributed by atoms with van der Waals surface area (Å²) in [5, 5.41) is 20.1. The first-order valence-corrected chi connectivity index (χ1v) is 10.2. The Kier molecular flexibility index (Phi) is 8.68. The molecular formula is C25H28N4O4. The second-order valence-electron chi connectivity index (χ2n) is 7.47. The highest BCUT2D eigenvalue weighted by Gasteiger charge is 2.15. The summed E-state index contributed by atoms with van der Waals surface area (Å²) in [4.78, 5) is 27.1. The maximum atomic E-state index is 10.4. The standard InChI is InChI=1S/C9H7N.C8H16N3.C8H6O4/c1-2-6-9-8(4-1)5-3-7-10-9;1-7-6-10(4)8(9(2)3)11(7)5;9-7(10)5-3-1-2-4-6(5)8(11)12/h1-7H;6H,1-5H3;1-4H,(H,9,10)(H,11,12)/q;+1;/p-1. The molecule has 172 valence electrons. The summed E-state index contributed by atoms with van der Waals surface area (Å²) >= 11 is 0. The summed E-state index contributed by atoms with van der Waals surface area (Å²) in [5.41, 5.74) is 1.78. The van der Waals surface area contributed by atoms with Crippen molar-refractivity contribution in [1.29, 1.82) is 0 Å². The van der Waals surface area contributed by atoms with Crippen molar-refractivity contribution in [2.75, 3.05) is 19.0 Å². The summed E-state index contributed by atoms with van der Waals surface area (Å²) in [7, 11) is 8.23. The molecule has 4 rings (SSSR count). The minimum absolute atomic E-state index is 0.252. The van der Waals surface area contributed by atoms with Crippen LogP contribution in [0.1, 0.15) is 26.4 Å². The van der Waals surface area contributed by atoms with Gasteiger partial charge in [0.1, 0.15) is 5.69 Å². The van der Waals surface area contributed by atoms with Gasteiger partial charge in [0.05, 0.1) is 51.4 Å². The van der Waals surface area contributed by atoms with Crippen LogP contribution in [-0.4, -0.2) is 40.7 Å². The summed E-state index contributed by atoms with van der Waals surface area (Å²) in [5.74, 6) is -1.54. The Morgan fingerprint density at radius 3 is 2.03 bits per heavy atom. The van der Waals surface area contributed by atoms with Crippen LogP contribution in [0.15, 0.2) is 73.1 Å². The quantitative estimate of drug-likeness (QED) is 0.482. The number of benzene rings is 2. The molecule has 0 amide bonds. The molecule has 2 heterocycles. The van der Waals surface area contributed by atoms with Crippen LogP contribution < -0.4 is 14.6 Å². The highest BCUT2D eigenvalue weighted by molar-refractivity contribution is 6.00. The molecule has 0 atom stereocenters. The largest absolute Gasteiger partial charge is 0.545 e. The molecule has 0 bridgehead atoms. The molecule has 0 aliphatic carbocycles. The molecule has 0 aliphatic rings. The van der Waals surface area contributed by atoms with Crippen molar-refractivity contribution in [3.63, 3.8) is 0 Å². The van der Waals surface area contributed by atoms with Crippen LogP contribution in [0.3, 0.4) is 0 Å². The molecule has 0 unspecified atom stereocenters. The fraction of sp³-hybridized carbons (Fsp3) is 0.200. The molecule has 0 radical (unpaired) electrons. The number of carboxylic acids is 2. The molecule has 0 saturated carbocycles. The zero-order chi connectivity index (χ0) is 24.5. The lowest BCUT2D eigenvalue weighted by molar-refractivity contribution is -0.658. The van der Waals surface area contributed by atoms with Gasteiger partial charge in [-0.15, -0.1) is 0 Å². The van der Waals surface area contributed by atoms with Crippen LogP contribution >= 0.6 is 0 Å². The van der Waals surface area contributed by atoms with Crippen molar-refractivity contribution in [2.24, 2.45) is 14.1 Å². The van der Waals surface area contributed by atoms with Gasteiger partial charge < -0.3 is 15.0 Å². The monoisotopic (exact) mass is 448 g/mol. The fourth-order valence-electron chi connectivity index (χ4n) is 3.30. The van der Waals surface area contributed by atoms with Crippen molar-refractivity contribution in [3.8, 4) is 0 Å². The second kappa shape index (κ2) is 11.4. The van der Waals surface area contributed by atoms with Gasteiger partial charge in [-0.2, -0.15) is 0 Å². The number of aromatic carboxylic acids is 2. The molecule has 0 aliphatic heterocycles. The smallest absolute Gasteiger partial charge is 0.359 e. The normalized spacial score (nSPS) is 9.85. The van der Waals surface area contributed by atoms with Crippen LogP contribution in [0.5, 0.6) is 0 Å². The van der Waals surface area contributed by atoms with Crippen molar-refractivity contribution in [2.45, 2.75) is 6.92 Å². The van der Waals surface area contributed by atoms with Crippen LogP contribution in [0.2, 0.25) is 0 Å². The SMILES string of the molecule is Cc1c[n+](C)c(N(C)C)n1C.O=C([O-])c1ccccc1C(=O)O.c1ccc2ncccc2c1. The van der Waals surface area contributed by atoms with Gasteiger partial charge in [0.15, 0.2) is 0 Å². The molecule has 2 aromatic heterocycles. The Bertz CT molecular complexity index is 1150. The van der Waals surface area contributed by atoms with Gasteiger partial charge in [-0.25, -0.2) is 13.9 Å². The maximum absolute atomic E-state index is 10.4. The minimum atomic E-state index is -1.48. The Morgan fingerprint density at radius 1 is 1.00 bits per heavy atom.